The zero-order valence-electron chi connectivity index (χ0n) is 24.9. The van der Waals surface area contributed by atoms with Crippen molar-refractivity contribution in [3.05, 3.63) is 112 Å². The van der Waals surface area contributed by atoms with Gasteiger partial charge < -0.3 is 31.6 Å². The average molecular weight is 655 g/mol. The molecule has 6 aromatic rings. The molecular formula is C36H40FeO4P2. The molecule has 2 aliphatic carbocycles. The number of hydrogen-bond donors (Lipinski definition) is 0. The molecule has 0 saturated heterocycles. The van der Waals surface area contributed by atoms with E-state index in [1.165, 1.54) is 51.4 Å². The molecule has 2 fully saturated rings. The van der Waals surface area contributed by atoms with E-state index in [9.17, 15) is 0 Å². The van der Waals surface area contributed by atoms with Gasteiger partial charge in [-0.2, -0.15) is 0 Å². The average Bonchev–Trinajstić information content (AvgIpc) is 3.69. The number of rotatable bonds is 2. The van der Waals surface area contributed by atoms with Crippen LogP contribution in [0, 0.1) is 14.9 Å². The first-order valence-electron chi connectivity index (χ1n) is 14.5. The second-order valence-electron chi connectivity index (χ2n) is 10.8. The van der Waals surface area contributed by atoms with Crippen molar-refractivity contribution in [1.82, 2.24) is 0 Å². The fraction of sp³-hybridized carbons (Fsp3) is 0.278. The van der Waals surface area contributed by atoms with E-state index < -0.39 is 16.0 Å². The Labute approximate surface area is 267 Å². The van der Waals surface area contributed by atoms with Crippen LogP contribution in [0.25, 0.3) is 43.9 Å². The van der Waals surface area contributed by atoms with Crippen molar-refractivity contribution < 1.29 is 33.9 Å². The maximum atomic E-state index is 6.27. The van der Waals surface area contributed by atoms with E-state index in [0.717, 1.165) is 43.9 Å². The van der Waals surface area contributed by atoms with E-state index in [0.29, 0.717) is 11.3 Å². The predicted molar refractivity (Wildman–Crippen MR) is 180 cm³/mol. The van der Waals surface area contributed by atoms with Crippen molar-refractivity contribution in [3.63, 3.8) is 0 Å². The van der Waals surface area contributed by atoms with Crippen LogP contribution >= 0.6 is 16.0 Å². The van der Waals surface area contributed by atoms with Gasteiger partial charge in [0.2, 0.25) is 16.0 Å². The van der Waals surface area contributed by atoms with Crippen LogP contribution < -0.4 is 0 Å². The zero-order valence-corrected chi connectivity index (χ0v) is 27.8. The Morgan fingerprint density at radius 2 is 0.628 bits per heavy atom. The van der Waals surface area contributed by atoms with E-state index in [1.54, 1.807) is 0 Å². The summed E-state index contributed by atoms with van der Waals surface area (Å²) in [4.78, 5) is 0. The number of fused-ring (bicyclic) bond motifs is 6. The van der Waals surface area contributed by atoms with Gasteiger partial charge in [0, 0.05) is 21.5 Å². The first-order chi connectivity index (χ1) is 19.8. The molecule has 43 heavy (non-hydrogen) atoms. The molecule has 2 aliphatic rings. The molecule has 4 nitrogen and oxygen atoms in total. The van der Waals surface area contributed by atoms with Gasteiger partial charge in [-0.3, -0.25) is 0 Å². The Morgan fingerprint density at radius 1 is 0.395 bits per heavy atom. The Bertz CT molecular complexity index is 1600. The third-order valence-electron chi connectivity index (χ3n) is 8.13. The van der Waals surface area contributed by atoms with Crippen molar-refractivity contribution in [2.24, 2.45) is 0 Å². The zero-order chi connectivity index (χ0) is 26.7. The number of para-hydroxylation sites is 4. The van der Waals surface area contributed by atoms with Gasteiger partial charge >= 0.3 is 17.1 Å². The van der Waals surface area contributed by atoms with Crippen molar-refractivity contribution in [1.29, 1.82) is 0 Å². The molecule has 0 spiro atoms. The summed E-state index contributed by atoms with van der Waals surface area (Å²) >= 11 is 0. The number of hydrogen-bond acceptors (Lipinski definition) is 4. The molecule has 4 aromatic carbocycles. The summed E-state index contributed by atoms with van der Waals surface area (Å²) < 4.78 is 25.1. The van der Waals surface area contributed by atoms with Crippen molar-refractivity contribution in [3.8, 4) is 0 Å². The Balaban J connectivity index is 0.000000184. The molecule has 2 aromatic heterocycles. The van der Waals surface area contributed by atoms with Crippen LogP contribution in [0.4, 0.5) is 0 Å². The third-order valence-corrected chi connectivity index (χ3v) is 11.9. The van der Waals surface area contributed by atoms with E-state index >= 15 is 0 Å². The Kier molecular flexibility index (Phi) is 11.8. The van der Waals surface area contributed by atoms with Crippen LogP contribution in [0.2, 0.25) is 0 Å². The molecule has 0 atom stereocenters. The molecule has 226 valence electrons. The summed E-state index contributed by atoms with van der Waals surface area (Å²) in [5.41, 5.74) is 5.02. The summed E-state index contributed by atoms with van der Waals surface area (Å²) in [7, 11) is -1.75. The van der Waals surface area contributed by atoms with Gasteiger partial charge in [0.15, 0.2) is 0 Å². The van der Waals surface area contributed by atoms with Crippen LogP contribution in [-0.2, 0) is 17.1 Å². The summed E-state index contributed by atoms with van der Waals surface area (Å²) in [6.07, 6.45) is 10.1. The third kappa shape index (κ3) is 7.13. The molecule has 7 heteroatoms. The Morgan fingerprint density at radius 3 is 0.884 bits per heavy atom. The fourth-order valence-corrected chi connectivity index (χ4v) is 9.68. The maximum absolute atomic E-state index is 6.27. The second-order valence-corrected chi connectivity index (χ2v) is 14.1. The van der Waals surface area contributed by atoms with Gasteiger partial charge in [-0.05, 0) is 49.9 Å². The molecule has 8 rings (SSSR count). The molecular weight excluding hydrogens is 614 g/mol. The fourth-order valence-electron chi connectivity index (χ4n) is 6.03. The molecule has 2 saturated carbocycles. The molecule has 0 N–H and O–H groups in total. The monoisotopic (exact) mass is 654 g/mol. The first-order valence-corrected chi connectivity index (χ1v) is 17.0. The minimum atomic E-state index is -0.873. The SMILES string of the molecule is [CH3-].[CH3-].[Fe+2].c1ccc2c(c1)op(C1CCCC1)oc1ccccc12.c1ccc2c(c1)op(C1CCCC1)oc1ccccc12. The van der Waals surface area contributed by atoms with Crippen LogP contribution in [0.15, 0.2) is 114 Å². The Hall–Kier alpha value is -2.80. The van der Waals surface area contributed by atoms with Crippen LogP contribution in [0.3, 0.4) is 0 Å². The van der Waals surface area contributed by atoms with Crippen LogP contribution in [0.5, 0.6) is 0 Å². The van der Waals surface area contributed by atoms with E-state index in [2.05, 4.69) is 72.8 Å². The van der Waals surface area contributed by atoms with Crippen molar-refractivity contribution in [2.75, 3.05) is 0 Å². The van der Waals surface area contributed by atoms with Gasteiger partial charge in [-0.1, -0.05) is 98.5 Å². The van der Waals surface area contributed by atoms with Crippen molar-refractivity contribution >= 4 is 59.9 Å². The first kappa shape index (κ1) is 33.1. The van der Waals surface area contributed by atoms with E-state index in [-0.39, 0.29) is 31.9 Å². The van der Waals surface area contributed by atoms with Gasteiger partial charge in [-0.25, -0.2) is 0 Å². The maximum Gasteiger partial charge on any atom is 2.00 e. The molecule has 0 amide bonds. The molecule has 0 bridgehead atoms. The van der Waals surface area contributed by atoms with Crippen molar-refractivity contribution in [2.45, 2.75) is 62.7 Å². The summed E-state index contributed by atoms with van der Waals surface area (Å²) in [6, 6.07) is 33.1. The minimum absolute atomic E-state index is 0. The van der Waals surface area contributed by atoms with Gasteiger partial charge in [0.05, 0.1) is 11.3 Å². The smallest absolute Gasteiger partial charge is 0.419 e. The standard InChI is InChI=1S/2C17H17O2P.2CH3.Fe/c2*1-2-8-13(7-1)20-18-16-11-5-3-9-14(16)15-10-4-6-12-17(15)19-20;;;/h2*3-6,9-13H,1-2,7-8H2;2*1H3;/q;;2*-1;+2. The van der Waals surface area contributed by atoms with Crippen LogP contribution in [-0.4, -0.2) is 0 Å². The van der Waals surface area contributed by atoms with Crippen LogP contribution in [0.1, 0.15) is 62.7 Å². The largest absolute Gasteiger partial charge is 2.00 e. The topological polar surface area (TPSA) is 52.6 Å². The quantitative estimate of drug-likeness (QED) is 0.138. The summed E-state index contributed by atoms with van der Waals surface area (Å²) in [5, 5.41) is 4.58. The van der Waals surface area contributed by atoms with Gasteiger partial charge in [0.1, 0.15) is 22.3 Å². The van der Waals surface area contributed by atoms with Gasteiger partial charge in [0.25, 0.3) is 0 Å². The number of benzene rings is 4. The second kappa shape index (κ2) is 15.3. The summed E-state index contributed by atoms with van der Waals surface area (Å²) in [6.45, 7) is 0. The minimum Gasteiger partial charge on any atom is -0.419 e. The molecule has 0 aliphatic heterocycles. The normalized spacial score (nSPS) is 14.9. The van der Waals surface area contributed by atoms with E-state index in [1.807, 2.05) is 24.3 Å². The molecule has 0 unspecified atom stereocenters. The summed E-state index contributed by atoms with van der Waals surface area (Å²) in [5.74, 6) is 0. The molecule has 0 radical (unpaired) electrons. The molecule has 2 heterocycles. The van der Waals surface area contributed by atoms with Gasteiger partial charge in [-0.15, -0.1) is 0 Å². The van der Waals surface area contributed by atoms with E-state index in [4.69, 9.17) is 16.8 Å². The predicted octanol–water partition coefficient (Wildman–Crippen LogP) is 13.7.